The van der Waals surface area contributed by atoms with Crippen LogP contribution in [0.5, 0.6) is 5.75 Å². The van der Waals surface area contributed by atoms with E-state index >= 15 is 0 Å². The zero-order valence-electron chi connectivity index (χ0n) is 9.85. The van der Waals surface area contributed by atoms with Crippen molar-refractivity contribution in [1.29, 1.82) is 0 Å². The number of rotatable bonds is 3. The number of pyridine rings is 1. The summed E-state index contributed by atoms with van der Waals surface area (Å²) in [7, 11) is 0. The van der Waals surface area contributed by atoms with Gasteiger partial charge in [0.05, 0.1) is 22.9 Å². The van der Waals surface area contributed by atoms with Crippen LogP contribution in [0.2, 0.25) is 0 Å². The molecule has 1 N–H and O–H groups in total. The van der Waals surface area contributed by atoms with E-state index < -0.39 is 11.7 Å². The number of alkyl halides is 3. The lowest BCUT2D eigenvalue weighted by Crippen LogP contribution is -2.08. The highest BCUT2D eigenvalue weighted by Crippen LogP contribution is 2.33. The van der Waals surface area contributed by atoms with Crippen molar-refractivity contribution < 1.29 is 18.3 Å². The van der Waals surface area contributed by atoms with Gasteiger partial charge in [0, 0.05) is 6.20 Å². The zero-order chi connectivity index (χ0) is 14.0. The number of hydrogen-bond acceptors (Lipinski definition) is 4. The van der Waals surface area contributed by atoms with Crippen molar-refractivity contribution in [3.05, 3.63) is 30.2 Å². The van der Waals surface area contributed by atoms with Gasteiger partial charge in [0.25, 0.3) is 0 Å². The fraction of sp³-hybridized carbons (Fsp3) is 0.273. The minimum atomic E-state index is -4.43. The molecule has 0 aromatic carbocycles. The normalized spacial score (nSPS) is 11.8. The highest BCUT2D eigenvalue weighted by Gasteiger charge is 2.32. The second-order valence-corrected chi connectivity index (χ2v) is 4.93. The van der Waals surface area contributed by atoms with Crippen LogP contribution in [0.25, 0.3) is 5.82 Å². The molecule has 2 aromatic heterocycles. The first-order valence-corrected chi connectivity index (χ1v) is 6.34. The van der Waals surface area contributed by atoms with Gasteiger partial charge < -0.3 is 5.11 Å². The smallest absolute Gasteiger partial charge is 0.417 e. The monoisotopic (exact) mass is 289 g/mol. The molecular weight excluding hydrogens is 279 g/mol. The third-order valence-electron chi connectivity index (χ3n) is 2.25. The van der Waals surface area contributed by atoms with E-state index in [0.29, 0.717) is 10.6 Å². The van der Waals surface area contributed by atoms with Crippen LogP contribution in [-0.4, -0.2) is 25.6 Å². The van der Waals surface area contributed by atoms with Gasteiger partial charge in [0.1, 0.15) is 0 Å². The SMILES string of the molecule is CCSc1cc(C(F)(F)F)cnc1-n1cc(O)cn1. The van der Waals surface area contributed by atoms with Crippen LogP contribution < -0.4 is 0 Å². The fourth-order valence-electron chi connectivity index (χ4n) is 1.46. The van der Waals surface area contributed by atoms with Gasteiger partial charge in [-0.15, -0.1) is 11.8 Å². The Morgan fingerprint density at radius 1 is 1.37 bits per heavy atom. The fourth-order valence-corrected chi connectivity index (χ4v) is 2.25. The molecule has 0 bridgehead atoms. The van der Waals surface area contributed by atoms with Crippen molar-refractivity contribution in [3.63, 3.8) is 0 Å². The van der Waals surface area contributed by atoms with Crippen molar-refractivity contribution in [2.45, 2.75) is 18.0 Å². The summed E-state index contributed by atoms with van der Waals surface area (Å²) in [5.74, 6) is 0.790. The molecule has 8 heteroatoms. The van der Waals surface area contributed by atoms with E-state index in [1.807, 2.05) is 6.92 Å². The average molecular weight is 289 g/mol. The third-order valence-corrected chi connectivity index (χ3v) is 3.15. The first-order valence-electron chi connectivity index (χ1n) is 5.36. The summed E-state index contributed by atoms with van der Waals surface area (Å²) in [6.07, 6.45) is -1.19. The molecule has 4 nitrogen and oxygen atoms in total. The van der Waals surface area contributed by atoms with Crippen LogP contribution in [0.4, 0.5) is 13.2 Å². The van der Waals surface area contributed by atoms with Crippen LogP contribution in [0.1, 0.15) is 12.5 Å². The van der Waals surface area contributed by atoms with Crippen molar-refractivity contribution in [1.82, 2.24) is 14.8 Å². The van der Waals surface area contributed by atoms with Gasteiger partial charge in [-0.3, -0.25) is 0 Å². The number of aromatic hydroxyl groups is 1. The number of nitrogens with zero attached hydrogens (tertiary/aromatic N) is 3. The summed E-state index contributed by atoms with van der Waals surface area (Å²) in [4.78, 5) is 4.16. The Bertz CT molecular complexity index is 583. The molecule has 102 valence electrons. The molecule has 2 aromatic rings. The average Bonchev–Trinajstić information content (AvgIpc) is 2.75. The Labute approximate surface area is 111 Å². The maximum atomic E-state index is 12.6. The lowest BCUT2D eigenvalue weighted by atomic mass is 10.3. The molecule has 0 atom stereocenters. The number of halogens is 3. The topological polar surface area (TPSA) is 50.9 Å². The summed E-state index contributed by atoms with van der Waals surface area (Å²) in [5.41, 5.74) is -0.802. The zero-order valence-corrected chi connectivity index (χ0v) is 10.7. The van der Waals surface area contributed by atoms with Crippen LogP contribution in [-0.2, 0) is 6.18 Å². The van der Waals surface area contributed by atoms with Crippen LogP contribution in [0.3, 0.4) is 0 Å². The maximum absolute atomic E-state index is 12.6. The van der Waals surface area contributed by atoms with E-state index in [-0.39, 0.29) is 11.6 Å². The van der Waals surface area contributed by atoms with E-state index in [4.69, 9.17) is 0 Å². The van der Waals surface area contributed by atoms with E-state index in [9.17, 15) is 18.3 Å². The largest absolute Gasteiger partial charge is 0.505 e. The van der Waals surface area contributed by atoms with E-state index in [1.54, 1.807) is 0 Å². The Balaban J connectivity index is 2.49. The number of hydrogen-bond donors (Lipinski definition) is 1. The van der Waals surface area contributed by atoms with Crippen molar-refractivity contribution >= 4 is 11.8 Å². The summed E-state index contributed by atoms with van der Waals surface area (Å²) in [6, 6.07) is 1.04. The molecule has 0 aliphatic rings. The van der Waals surface area contributed by atoms with E-state index in [0.717, 1.165) is 12.3 Å². The van der Waals surface area contributed by atoms with Crippen molar-refractivity contribution in [3.8, 4) is 11.6 Å². The number of aromatic nitrogens is 3. The molecule has 2 rings (SSSR count). The van der Waals surface area contributed by atoms with Gasteiger partial charge in [-0.2, -0.15) is 18.3 Å². The Hall–Kier alpha value is -1.70. The van der Waals surface area contributed by atoms with Crippen LogP contribution in [0.15, 0.2) is 29.6 Å². The van der Waals surface area contributed by atoms with E-state index in [1.165, 1.54) is 28.8 Å². The molecule has 0 saturated carbocycles. The molecule has 0 radical (unpaired) electrons. The standard InChI is InChI=1S/C11H10F3N3OS/c1-2-19-9-3-7(11(12,13)14)4-15-10(9)17-6-8(18)5-16-17/h3-6,18H,2H2,1H3. The molecule has 0 saturated heterocycles. The van der Waals surface area contributed by atoms with Crippen molar-refractivity contribution in [2.75, 3.05) is 5.75 Å². The van der Waals surface area contributed by atoms with Crippen LogP contribution in [0, 0.1) is 0 Å². The quantitative estimate of drug-likeness (QED) is 0.882. The second-order valence-electron chi connectivity index (χ2n) is 3.62. The summed E-state index contributed by atoms with van der Waals surface area (Å²) in [6.45, 7) is 1.83. The molecule has 0 aliphatic carbocycles. The second kappa shape index (κ2) is 5.12. The summed E-state index contributed by atoms with van der Waals surface area (Å²) >= 11 is 1.23. The van der Waals surface area contributed by atoms with Gasteiger partial charge >= 0.3 is 6.18 Å². The predicted octanol–water partition coefficient (Wildman–Crippen LogP) is 3.10. The minimum absolute atomic E-state index is 0.0749. The summed E-state index contributed by atoms with van der Waals surface area (Å²) < 4.78 is 39.1. The molecule has 19 heavy (non-hydrogen) atoms. The Kier molecular flexibility index (Phi) is 3.70. The molecule has 0 fully saturated rings. The minimum Gasteiger partial charge on any atom is -0.505 e. The lowest BCUT2D eigenvalue weighted by molar-refractivity contribution is -0.138. The predicted molar refractivity (Wildman–Crippen MR) is 64.4 cm³/mol. The molecule has 0 amide bonds. The van der Waals surface area contributed by atoms with Crippen molar-refractivity contribution in [2.24, 2.45) is 0 Å². The first-order chi connectivity index (χ1) is 8.91. The van der Waals surface area contributed by atoms with Gasteiger partial charge in [0.2, 0.25) is 0 Å². The Morgan fingerprint density at radius 2 is 2.11 bits per heavy atom. The highest BCUT2D eigenvalue weighted by molar-refractivity contribution is 7.99. The molecule has 0 aliphatic heterocycles. The number of thioether (sulfide) groups is 1. The molecule has 2 heterocycles. The lowest BCUT2D eigenvalue weighted by Gasteiger charge is -2.11. The van der Waals surface area contributed by atoms with Gasteiger partial charge in [-0.25, -0.2) is 9.67 Å². The van der Waals surface area contributed by atoms with Gasteiger partial charge in [-0.05, 0) is 11.8 Å². The van der Waals surface area contributed by atoms with Crippen LogP contribution >= 0.6 is 11.8 Å². The van der Waals surface area contributed by atoms with Gasteiger partial charge in [-0.1, -0.05) is 6.92 Å². The molecule has 0 spiro atoms. The Morgan fingerprint density at radius 3 is 2.63 bits per heavy atom. The molecule has 0 unspecified atom stereocenters. The maximum Gasteiger partial charge on any atom is 0.417 e. The summed E-state index contributed by atoms with van der Waals surface area (Å²) in [5, 5.41) is 13.1. The first kappa shape index (κ1) is 13.7. The van der Waals surface area contributed by atoms with E-state index in [2.05, 4.69) is 10.1 Å². The molecular formula is C11H10F3N3OS. The third kappa shape index (κ3) is 3.01. The highest BCUT2D eigenvalue weighted by atomic mass is 32.2. The van der Waals surface area contributed by atoms with Gasteiger partial charge in [0.15, 0.2) is 11.6 Å².